The Morgan fingerprint density at radius 3 is 2.82 bits per heavy atom. The summed E-state index contributed by atoms with van der Waals surface area (Å²) >= 11 is 6.02. The van der Waals surface area contributed by atoms with Gasteiger partial charge in [0, 0.05) is 11.6 Å². The SMILES string of the molecule is Cc1cc(Cl)cc2nc(C3(CN)CCC3)oc12. The van der Waals surface area contributed by atoms with E-state index in [1.54, 1.807) is 0 Å². The number of halogens is 1. The van der Waals surface area contributed by atoms with Crippen molar-refractivity contribution >= 4 is 22.7 Å². The first-order valence-corrected chi connectivity index (χ1v) is 6.30. The van der Waals surface area contributed by atoms with Crippen LogP contribution in [0.5, 0.6) is 0 Å². The highest BCUT2D eigenvalue weighted by atomic mass is 35.5. The number of fused-ring (bicyclic) bond motifs is 1. The van der Waals surface area contributed by atoms with Crippen molar-refractivity contribution in [1.29, 1.82) is 0 Å². The summed E-state index contributed by atoms with van der Waals surface area (Å²) in [4.78, 5) is 4.57. The van der Waals surface area contributed by atoms with Crippen molar-refractivity contribution in [2.24, 2.45) is 5.73 Å². The summed E-state index contributed by atoms with van der Waals surface area (Å²) < 4.78 is 5.90. The van der Waals surface area contributed by atoms with Crippen LogP contribution in [0, 0.1) is 6.92 Å². The average molecular weight is 251 g/mol. The molecular weight excluding hydrogens is 236 g/mol. The van der Waals surface area contributed by atoms with Crippen LogP contribution < -0.4 is 5.73 Å². The molecule has 0 aliphatic heterocycles. The largest absolute Gasteiger partial charge is 0.440 e. The van der Waals surface area contributed by atoms with Gasteiger partial charge in [-0.25, -0.2) is 4.98 Å². The molecule has 4 heteroatoms. The highest BCUT2D eigenvalue weighted by molar-refractivity contribution is 6.31. The normalized spacial score (nSPS) is 18.3. The number of oxazole rings is 1. The maximum atomic E-state index is 6.02. The van der Waals surface area contributed by atoms with E-state index in [2.05, 4.69) is 4.98 Å². The van der Waals surface area contributed by atoms with Gasteiger partial charge >= 0.3 is 0 Å². The topological polar surface area (TPSA) is 52.0 Å². The van der Waals surface area contributed by atoms with Crippen molar-refractivity contribution in [3.05, 3.63) is 28.6 Å². The lowest BCUT2D eigenvalue weighted by Gasteiger charge is -2.37. The quantitative estimate of drug-likeness (QED) is 0.891. The Labute approximate surface area is 105 Å². The molecule has 0 bridgehead atoms. The number of hydrogen-bond donors (Lipinski definition) is 1. The fourth-order valence-corrected chi connectivity index (χ4v) is 2.76. The van der Waals surface area contributed by atoms with Crippen LogP contribution in [0.1, 0.15) is 30.7 Å². The molecule has 0 unspecified atom stereocenters. The molecule has 1 aliphatic carbocycles. The molecule has 17 heavy (non-hydrogen) atoms. The molecule has 0 radical (unpaired) electrons. The van der Waals surface area contributed by atoms with Gasteiger partial charge in [-0.15, -0.1) is 0 Å². The highest BCUT2D eigenvalue weighted by Crippen LogP contribution is 2.43. The average Bonchev–Trinajstić information content (AvgIpc) is 2.61. The van der Waals surface area contributed by atoms with Gasteiger partial charge in [0.2, 0.25) is 5.89 Å². The molecule has 0 amide bonds. The smallest absolute Gasteiger partial charge is 0.202 e. The second-order valence-electron chi connectivity index (χ2n) is 4.93. The predicted octanol–water partition coefficient (Wildman–Crippen LogP) is 3.17. The number of aryl methyl sites for hydroxylation is 1. The number of hydrogen-bond acceptors (Lipinski definition) is 3. The summed E-state index contributed by atoms with van der Waals surface area (Å²) in [5.41, 5.74) is 8.54. The molecule has 1 heterocycles. The fraction of sp³-hybridized carbons (Fsp3) is 0.462. The van der Waals surface area contributed by atoms with Crippen molar-refractivity contribution in [1.82, 2.24) is 4.98 Å². The van der Waals surface area contributed by atoms with Gasteiger partial charge in [0.15, 0.2) is 5.58 Å². The number of aromatic nitrogens is 1. The van der Waals surface area contributed by atoms with Gasteiger partial charge in [-0.3, -0.25) is 0 Å². The Bertz CT molecular complexity index is 567. The maximum absolute atomic E-state index is 6.02. The van der Waals surface area contributed by atoms with Gasteiger partial charge < -0.3 is 10.2 Å². The molecule has 1 aromatic heterocycles. The molecule has 3 nitrogen and oxygen atoms in total. The van der Waals surface area contributed by atoms with Gasteiger partial charge in [-0.1, -0.05) is 18.0 Å². The second-order valence-corrected chi connectivity index (χ2v) is 5.36. The minimum atomic E-state index is -0.0298. The summed E-state index contributed by atoms with van der Waals surface area (Å²) in [5, 5.41) is 0.699. The van der Waals surface area contributed by atoms with Gasteiger partial charge in [0.25, 0.3) is 0 Å². The lowest BCUT2D eigenvalue weighted by molar-refractivity contribution is 0.203. The van der Waals surface area contributed by atoms with Crippen LogP contribution in [0.3, 0.4) is 0 Å². The second kappa shape index (κ2) is 3.72. The number of nitrogens with two attached hydrogens (primary N) is 1. The zero-order chi connectivity index (χ0) is 12.0. The Kier molecular flexibility index (Phi) is 2.42. The van der Waals surface area contributed by atoms with E-state index in [1.165, 1.54) is 6.42 Å². The first-order chi connectivity index (χ1) is 8.14. The zero-order valence-corrected chi connectivity index (χ0v) is 10.5. The molecule has 90 valence electrons. The lowest BCUT2D eigenvalue weighted by atomic mass is 9.69. The summed E-state index contributed by atoms with van der Waals surface area (Å²) in [6, 6.07) is 3.74. The van der Waals surface area contributed by atoms with Gasteiger partial charge in [0.1, 0.15) is 5.52 Å². The molecule has 0 spiro atoms. The molecule has 1 saturated carbocycles. The molecule has 2 N–H and O–H groups in total. The van der Waals surface area contributed by atoms with Crippen molar-refractivity contribution in [3.8, 4) is 0 Å². The number of rotatable bonds is 2. The van der Waals surface area contributed by atoms with Crippen LogP contribution in [0.4, 0.5) is 0 Å². The van der Waals surface area contributed by atoms with E-state index < -0.39 is 0 Å². The summed E-state index contributed by atoms with van der Waals surface area (Å²) in [7, 11) is 0. The summed E-state index contributed by atoms with van der Waals surface area (Å²) in [5.74, 6) is 0.784. The molecule has 0 saturated heterocycles. The monoisotopic (exact) mass is 250 g/mol. The molecule has 1 aliphatic rings. The van der Waals surface area contributed by atoms with Crippen LogP contribution >= 0.6 is 11.6 Å². The van der Waals surface area contributed by atoms with Crippen LogP contribution in [0.15, 0.2) is 16.5 Å². The molecule has 0 atom stereocenters. The predicted molar refractivity (Wildman–Crippen MR) is 68.3 cm³/mol. The van der Waals surface area contributed by atoms with E-state index in [0.29, 0.717) is 11.6 Å². The van der Waals surface area contributed by atoms with Crippen molar-refractivity contribution in [2.45, 2.75) is 31.6 Å². The van der Waals surface area contributed by atoms with Crippen LogP contribution in [0.25, 0.3) is 11.1 Å². The van der Waals surface area contributed by atoms with Gasteiger partial charge in [-0.2, -0.15) is 0 Å². The van der Waals surface area contributed by atoms with E-state index in [4.69, 9.17) is 21.8 Å². The Morgan fingerprint density at radius 1 is 1.47 bits per heavy atom. The molecular formula is C13H15ClN2O. The summed E-state index contributed by atoms with van der Waals surface area (Å²) in [6.07, 6.45) is 3.35. The third-order valence-electron chi connectivity index (χ3n) is 3.80. The van der Waals surface area contributed by atoms with Crippen LogP contribution in [-0.4, -0.2) is 11.5 Å². The minimum absolute atomic E-state index is 0.0298. The lowest BCUT2D eigenvalue weighted by Crippen LogP contribution is -2.41. The Hall–Kier alpha value is -1.06. The third-order valence-corrected chi connectivity index (χ3v) is 4.01. The molecule has 1 fully saturated rings. The Morgan fingerprint density at radius 2 is 2.24 bits per heavy atom. The first kappa shape index (κ1) is 11.1. The van der Waals surface area contributed by atoms with Crippen LogP contribution in [-0.2, 0) is 5.41 Å². The van der Waals surface area contributed by atoms with E-state index >= 15 is 0 Å². The minimum Gasteiger partial charge on any atom is -0.440 e. The fourth-order valence-electron chi connectivity index (χ4n) is 2.49. The molecule has 1 aromatic carbocycles. The standard InChI is InChI=1S/C13H15ClN2O/c1-8-5-9(14)6-10-11(8)17-12(16-10)13(7-15)3-2-4-13/h5-6H,2-4,7,15H2,1H3. The van der Waals surface area contributed by atoms with E-state index in [1.807, 2.05) is 19.1 Å². The highest BCUT2D eigenvalue weighted by Gasteiger charge is 2.42. The van der Waals surface area contributed by atoms with E-state index in [-0.39, 0.29) is 5.41 Å². The number of nitrogens with zero attached hydrogens (tertiary/aromatic N) is 1. The van der Waals surface area contributed by atoms with Crippen molar-refractivity contribution in [3.63, 3.8) is 0 Å². The van der Waals surface area contributed by atoms with Crippen LogP contribution in [0.2, 0.25) is 5.02 Å². The maximum Gasteiger partial charge on any atom is 0.202 e. The van der Waals surface area contributed by atoms with E-state index in [0.717, 1.165) is 35.4 Å². The van der Waals surface area contributed by atoms with Crippen molar-refractivity contribution in [2.75, 3.05) is 6.54 Å². The van der Waals surface area contributed by atoms with E-state index in [9.17, 15) is 0 Å². The molecule has 2 aromatic rings. The van der Waals surface area contributed by atoms with Gasteiger partial charge in [0.05, 0.1) is 5.41 Å². The Balaban J connectivity index is 2.16. The third kappa shape index (κ3) is 1.57. The molecule has 3 rings (SSSR count). The number of benzene rings is 1. The zero-order valence-electron chi connectivity index (χ0n) is 9.79. The summed E-state index contributed by atoms with van der Waals surface area (Å²) in [6.45, 7) is 2.59. The van der Waals surface area contributed by atoms with Gasteiger partial charge in [-0.05, 0) is 37.5 Å². The van der Waals surface area contributed by atoms with Crippen molar-refractivity contribution < 1.29 is 4.42 Å². The first-order valence-electron chi connectivity index (χ1n) is 5.92.